The summed E-state index contributed by atoms with van der Waals surface area (Å²) in [4.78, 5) is 0. The Morgan fingerprint density at radius 3 is 2.33 bits per heavy atom. The average Bonchev–Trinajstić information content (AvgIpc) is 2.16. The van der Waals surface area contributed by atoms with E-state index in [1.165, 1.54) is 0 Å². The van der Waals surface area contributed by atoms with Crippen LogP contribution in [0.2, 0.25) is 0 Å². The summed E-state index contributed by atoms with van der Waals surface area (Å²) in [5.41, 5.74) is 0. The molecule has 0 spiro atoms. The number of hydrogen-bond donors (Lipinski definition) is 0. The van der Waals surface area contributed by atoms with Gasteiger partial charge < -0.3 is 14.2 Å². The number of hydrogen-bond acceptors (Lipinski definition) is 3. The van der Waals surface area contributed by atoms with Crippen molar-refractivity contribution >= 4 is 0 Å². The first-order valence-corrected chi connectivity index (χ1v) is 3.49. The first kappa shape index (κ1) is 8.71. The minimum atomic E-state index is 0.582. The van der Waals surface area contributed by atoms with E-state index in [-0.39, 0.29) is 0 Å². The fraction of sp³-hybridized carbons (Fsp3) is 0.333. The molecule has 12 heavy (non-hydrogen) atoms. The van der Waals surface area contributed by atoms with E-state index in [1.807, 2.05) is 0 Å². The van der Waals surface area contributed by atoms with Crippen LogP contribution in [0.1, 0.15) is 0 Å². The van der Waals surface area contributed by atoms with Gasteiger partial charge in [-0.1, -0.05) is 0 Å². The van der Waals surface area contributed by atoms with Gasteiger partial charge in [0, 0.05) is 12.1 Å². The second-order valence-corrected chi connectivity index (χ2v) is 2.14. The molecule has 3 heteroatoms. The number of methoxy groups -OCH3 is 3. The van der Waals surface area contributed by atoms with E-state index in [2.05, 4.69) is 6.07 Å². The van der Waals surface area contributed by atoms with Gasteiger partial charge in [0.2, 0.25) is 0 Å². The molecule has 0 atom stereocenters. The SMILES string of the molecule is COc1c[c]c(OC)c(OC)c1. The van der Waals surface area contributed by atoms with E-state index in [1.54, 1.807) is 33.5 Å². The van der Waals surface area contributed by atoms with E-state index >= 15 is 0 Å². The highest BCUT2D eigenvalue weighted by molar-refractivity contribution is 5.44. The highest BCUT2D eigenvalue weighted by Gasteiger charge is 2.03. The Morgan fingerprint density at radius 2 is 1.83 bits per heavy atom. The van der Waals surface area contributed by atoms with E-state index in [4.69, 9.17) is 14.2 Å². The molecule has 0 amide bonds. The van der Waals surface area contributed by atoms with Gasteiger partial charge >= 0.3 is 0 Å². The second kappa shape index (κ2) is 3.85. The topological polar surface area (TPSA) is 27.7 Å². The fourth-order valence-corrected chi connectivity index (χ4v) is 0.873. The molecule has 0 aliphatic heterocycles. The van der Waals surface area contributed by atoms with Crippen LogP contribution in [0.5, 0.6) is 17.2 Å². The molecule has 1 aromatic rings. The van der Waals surface area contributed by atoms with Crippen molar-refractivity contribution in [2.45, 2.75) is 0 Å². The van der Waals surface area contributed by atoms with Gasteiger partial charge in [-0.05, 0) is 6.07 Å². The minimum Gasteiger partial charge on any atom is -0.497 e. The zero-order valence-corrected chi connectivity index (χ0v) is 7.38. The Kier molecular flexibility index (Phi) is 2.80. The Bertz CT molecular complexity index is 258. The zero-order chi connectivity index (χ0) is 8.97. The van der Waals surface area contributed by atoms with E-state index in [0.717, 1.165) is 0 Å². The van der Waals surface area contributed by atoms with Crippen molar-refractivity contribution in [2.75, 3.05) is 21.3 Å². The second-order valence-electron chi connectivity index (χ2n) is 2.14. The van der Waals surface area contributed by atoms with Crippen molar-refractivity contribution in [3.05, 3.63) is 18.2 Å². The van der Waals surface area contributed by atoms with Crippen LogP contribution >= 0.6 is 0 Å². The first-order valence-electron chi connectivity index (χ1n) is 3.49. The predicted octanol–water partition coefficient (Wildman–Crippen LogP) is 1.51. The lowest BCUT2D eigenvalue weighted by Crippen LogP contribution is -1.91. The van der Waals surface area contributed by atoms with E-state index in [9.17, 15) is 0 Å². The molecule has 65 valence electrons. The minimum absolute atomic E-state index is 0.582. The average molecular weight is 167 g/mol. The van der Waals surface area contributed by atoms with Gasteiger partial charge in [0.15, 0.2) is 11.5 Å². The van der Waals surface area contributed by atoms with Crippen LogP contribution in [-0.2, 0) is 0 Å². The molecule has 0 bridgehead atoms. The van der Waals surface area contributed by atoms with Crippen molar-refractivity contribution in [3.8, 4) is 17.2 Å². The summed E-state index contributed by atoms with van der Waals surface area (Å²) in [6.45, 7) is 0. The zero-order valence-electron chi connectivity index (χ0n) is 7.38. The van der Waals surface area contributed by atoms with Gasteiger partial charge in [-0.25, -0.2) is 0 Å². The lowest BCUT2D eigenvalue weighted by molar-refractivity contribution is 0.348. The maximum atomic E-state index is 5.04. The van der Waals surface area contributed by atoms with Crippen LogP contribution in [-0.4, -0.2) is 21.3 Å². The molecule has 0 heterocycles. The number of benzene rings is 1. The molecule has 0 unspecified atom stereocenters. The van der Waals surface area contributed by atoms with Crippen molar-refractivity contribution in [1.82, 2.24) is 0 Å². The third kappa shape index (κ3) is 1.61. The summed E-state index contributed by atoms with van der Waals surface area (Å²) in [6, 6.07) is 6.33. The van der Waals surface area contributed by atoms with Crippen LogP contribution in [0.3, 0.4) is 0 Å². The number of rotatable bonds is 3. The summed E-state index contributed by atoms with van der Waals surface area (Å²) in [6.07, 6.45) is 0. The van der Waals surface area contributed by atoms with Crippen molar-refractivity contribution in [3.63, 3.8) is 0 Å². The van der Waals surface area contributed by atoms with Gasteiger partial charge in [0.05, 0.1) is 21.3 Å². The molecule has 0 fully saturated rings. The van der Waals surface area contributed by atoms with Crippen molar-refractivity contribution < 1.29 is 14.2 Å². The maximum Gasteiger partial charge on any atom is 0.168 e. The molecule has 1 rings (SSSR count). The molecule has 0 saturated carbocycles. The molecule has 0 aliphatic carbocycles. The largest absolute Gasteiger partial charge is 0.497 e. The molecule has 1 radical (unpaired) electrons. The predicted molar refractivity (Wildman–Crippen MR) is 44.9 cm³/mol. The summed E-state index contributed by atoms with van der Waals surface area (Å²) < 4.78 is 15.0. The fourth-order valence-electron chi connectivity index (χ4n) is 0.873. The summed E-state index contributed by atoms with van der Waals surface area (Å²) in [5, 5.41) is 0. The van der Waals surface area contributed by atoms with Gasteiger partial charge in [-0.2, -0.15) is 0 Å². The standard InChI is InChI=1S/C9H11O3/c1-10-7-4-5-8(11-2)9(6-7)12-3/h4,6H,1-3H3. The van der Waals surface area contributed by atoms with Gasteiger partial charge in [-0.15, -0.1) is 0 Å². The highest BCUT2D eigenvalue weighted by Crippen LogP contribution is 2.29. The van der Waals surface area contributed by atoms with E-state index < -0.39 is 0 Å². The smallest absolute Gasteiger partial charge is 0.168 e. The van der Waals surface area contributed by atoms with Crippen molar-refractivity contribution in [1.29, 1.82) is 0 Å². The summed E-state index contributed by atoms with van der Waals surface area (Å²) in [5.74, 6) is 1.91. The quantitative estimate of drug-likeness (QED) is 0.683. The van der Waals surface area contributed by atoms with Gasteiger partial charge in [-0.3, -0.25) is 0 Å². The van der Waals surface area contributed by atoms with Crippen LogP contribution in [0.15, 0.2) is 12.1 Å². The Morgan fingerprint density at radius 1 is 1.08 bits per heavy atom. The lowest BCUT2D eigenvalue weighted by Gasteiger charge is -2.07. The van der Waals surface area contributed by atoms with Crippen LogP contribution < -0.4 is 14.2 Å². The van der Waals surface area contributed by atoms with Gasteiger partial charge in [0.1, 0.15) is 5.75 Å². The molecule has 3 nitrogen and oxygen atoms in total. The molecule has 1 aromatic carbocycles. The molecular weight excluding hydrogens is 156 g/mol. The normalized spacial score (nSPS) is 9.25. The molecule has 0 aromatic heterocycles. The first-order chi connectivity index (χ1) is 5.81. The Balaban J connectivity index is 3.02. The molecule has 0 N–H and O–H groups in total. The van der Waals surface area contributed by atoms with E-state index in [0.29, 0.717) is 17.2 Å². The van der Waals surface area contributed by atoms with Crippen molar-refractivity contribution in [2.24, 2.45) is 0 Å². The Labute approximate surface area is 71.9 Å². The summed E-state index contributed by atoms with van der Waals surface area (Å²) in [7, 11) is 4.74. The lowest BCUT2D eigenvalue weighted by atomic mass is 10.3. The molecule has 0 saturated heterocycles. The third-order valence-electron chi connectivity index (χ3n) is 1.50. The highest BCUT2D eigenvalue weighted by atomic mass is 16.5. The van der Waals surface area contributed by atoms with Crippen LogP contribution in [0.25, 0.3) is 0 Å². The third-order valence-corrected chi connectivity index (χ3v) is 1.50. The number of ether oxygens (including phenoxy) is 3. The van der Waals surface area contributed by atoms with Gasteiger partial charge in [0.25, 0.3) is 0 Å². The summed E-state index contributed by atoms with van der Waals surface area (Å²) >= 11 is 0. The van der Waals surface area contributed by atoms with Crippen LogP contribution in [0.4, 0.5) is 0 Å². The Hall–Kier alpha value is -1.38. The van der Waals surface area contributed by atoms with Crippen LogP contribution in [0, 0.1) is 6.07 Å². The molecule has 0 aliphatic rings. The molecular formula is C9H11O3. The maximum absolute atomic E-state index is 5.04. The monoisotopic (exact) mass is 167 g/mol.